The Hall–Kier alpha value is -0.380. The van der Waals surface area contributed by atoms with Gasteiger partial charge in [-0.2, -0.15) is 0 Å². The Balaban J connectivity index is 2.26. The highest BCUT2D eigenvalue weighted by molar-refractivity contribution is 9.10. The van der Waals surface area contributed by atoms with Crippen LogP contribution in [0.5, 0.6) is 0 Å². The number of aliphatic hydroxyl groups excluding tert-OH is 1. The second kappa shape index (κ2) is 3.65. The van der Waals surface area contributed by atoms with Crippen molar-refractivity contribution in [3.05, 3.63) is 34.3 Å². The summed E-state index contributed by atoms with van der Waals surface area (Å²) in [4.78, 5) is 0. The number of halogens is 1. The van der Waals surface area contributed by atoms with Crippen LogP contribution in [0.25, 0.3) is 0 Å². The number of rotatable bonds is 3. The zero-order chi connectivity index (χ0) is 10.2. The monoisotopic (exact) mass is 255 g/mol. The number of nitrogens with two attached hydrogens (primary N) is 1. The Kier molecular flexibility index (Phi) is 2.64. The van der Waals surface area contributed by atoms with Gasteiger partial charge in [-0.15, -0.1) is 0 Å². The van der Waals surface area contributed by atoms with Gasteiger partial charge < -0.3 is 10.8 Å². The van der Waals surface area contributed by atoms with Crippen LogP contribution in [0.4, 0.5) is 0 Å². The molecule has 1 aliphatic carbocycles. The molecule has 3 N–H and O–H groups in total. The molecular weight excluding hydrogens is 242 g/mol. The van der Waals surface area contributed by atoms with Crippen LogP contribution in [-0.2, 0) is 5.41 Å². The highest BCUT2D eigenvalue weighted by atomic mass is 79.9. The van der Waals surface area contributed by atoms with E-state index in [2.05, 4.69) is 28.1 Å². The van der Waals surface area contributed by atoms with Crippen molar-refractivity contribution in [3.63, 3.8) is 0 Å². The molecule has 2 nitrogen and oxygen atoms in total. The van der Waals surface area contributed by atoms with Gasteiger partial charge in [0, 0.05) is 23.0 Å². The van der Waals surface area contributed by atoms with Gasteiger partial charge in [-0.1, -0.05) is 28.1 Å². The summed E-state index contributed by atoms with van der Waals surface area (Å²) in [6.07, 6.45) is 1.02. The summed E-state index contributed by atoms with van der Waals surface area (Å²) < 4.78 is 1.08. The second-order valence-corrected chi connectivity index (χ2v) is 4.87. The SMILES string of the molecule is NC[C@]1(c2ccc(Br)cc2)C[C@@H]1CO. The molecule has 0 saturated heterocycles. The van der Waals surface area contributed by atoms with Crippen molar-refractivity contribution in [1.29, 1.82) is 0 Å². The molecule has 1 aromatic rings. The standard InChI is InChI=1S/C11H14BrNO/c12-10-3-1-8(2-4-10)11(7-13)5-9(11)6-14/h1-4,9,14H,5-7,13H2/t9-,11+/m1/s1. The summed E-state index contributed by atoms with van der Waals surface area (Å²) in [5.41, 5.74) is 7.09. The molecule has 3 heteroatoms. The van der Waals surface area contributed by atoms with E-state index in [9.17, 15) is 0 Å². The third-order valence-corrected chi connectivity index (χ3v) is 3.76. The third kappa shape index (κ3) is 1.49. The summed E-state index contributed by atoms with van der Waals surface area (Å²) in [6.45, 7) is 0.868. The minimum atomic E-state index is 0.0510. The Morgan fingerprint density at radius 2 is 2.07 bits per heavy atom. The van der Waals surface area contributed by atoms with E-state index < -0.39 is 0 Å². The first-order valence-corrected chi connectivity index (χ1v) is 5.59. The quantitative estimate of drug-likeness (QED) is 0.863. The summed E-state index contributed by atoms with van der Waals surface area (Å²) in [7, 11) is 0. The molecule has 0 radical (unpaired) electrons. The van der Waals surface area contributed by atoms with Crippen molar-refractivity contribution in [2.24, 2.45) is 11.7 Å². The van der Waals surface area contributed by atoms with Gasteiger partial charge in [0.25, 0.3) is 0 Å². The molecule has 76 valence electrons. The van der Waals surface area contributed by atoms with Crippen LogP contribution in [0.2, 0.25) is 0 Å². The van der Waals surface area contributed by atoms with Crippen LogP contribution in [0.15, 0.2) is 28.7 Å². The molecule has 0 spiro atoms. The van der Waals surface area contributed by atoms with Crippen molar-refractivity contribution < 1.29 is 5.11 Å². The van der Waals surface area contributed by atoms with Gasteiger partial charge in [0.05, 0.1) is 0 Å². The molecule has 1 saturated carbocycles. The Labute approximate surface area is 92.3 Å². The fraction of sp³-hybridized carbons (Fsp3) is 0.455. The van der Waals surface area contributed by atoms with E-state index in [0.717, 1.165) is 10.9 Å². The maximum absolute atomic E-state index is 9.12. The van der Waals surface area contributed by atoms with Crippen LogP contribution in [0.3, 0.4) is 0 Å². The number of benzene rings is 1. The van der Waals surface area contributed by atoms with Gasteiger partial charge in [-0.3, -0.25) is 0 Å². The lowest BCUT2D eigenvalue weighted by Crippen LogP contribution is -2.23. The van der Waals surface area contributed by atoms with Crippen molar-refractivity contribution in [3.8, 4) is 0 Å². The Morgan fingerprint density at radius 3 is 2.50 bits per heavy atom. The summed E-state index contributed by atoms with van der Waals surface area (Å²) in [5.74, 6) is 0.355. The molecule has 0 aromatic heterocycles. The smallest absolute Gasteiger partial charge is 0.0468 e. The van der Waals surface area contributed by atoms with Crippen LogP contribution in [-0.4, -0.2) is 18.3 Å². The van der Waals surface area contributed by atoms with E-state index in [1.807, 2.05) is 12.1 Å². The fourth-order valence-electron chi connectivity index (χ4n) is 2.12. The van der Waals surface area contributed by atoms with Gasteiger partial charge >= 0.3 is 0 Å². The second-order valence-electron chi connectivity index (χ2n) is 3.95. The molecule has 2 rings (SSSR count). The topological polar surface area (TPSA) is 46.2 Å². The summed E-state index contributed by atoms with van der Waals surface area (Å²) >= 11 is 3.41. The van der Waals surface area contributed by atoms with Gasteiger partial charge in [0.2, 0.25) is 0 Å². The minimum absolute atomic E-state index is 0.0510. The molecule has 0 bridgehead atoms. The van der Waals surface area contributed by atoms with Crippen molar-refractivity contribution >= 4 is 15.9 Å². The first-order chi connectivity index (χ1) is 6.73. The van der Waals surface area contributed by atoms with E-state index >= 15 is 0 Å². The lowest BCUT2D eigenvalue weighted by Gasteiger charge is -2.14. The predicted octanol–water partition coefficient (Wildman–Crippen LogP) is 1.66. The third-order valence-electron chi connectivity index (χ3n) is 3.24. The molecule has 0 aliphatic heterocycles. The zero-order valence-electron chi connectivity index (χ0n) is 7.91. The maximum Gasteiger partial charge on any atom is 0.0468 e. The zero-order valence-corrected chi connectivity index (χ0v) is 9.50. The van der Waals surface area contributed by atoms with Crippen LogP contribution in [0.1, 0.15) is 12.0 Å². The highest BCUT2D eigenvalue weighted by Crippen LogP contribution is 2.53. The number of hydrogen-bond donors (Lipinski definition) is 2. The van der Waals surface area contributed by atoms with Gasteiger partial charge in [0.1, 0.15) is 0 Å². The first-order valence-electron chi connectivity index (χ1n) is 4.80. The number of hydrogen-bond acceptors (Lipinski definition) is 2. The first kappa shape index (κ1) is 10.1. The van der Waals surface area contributed by atoms with Gasteiger partial charge in [-0.25, -0.2) is 0 Å². The minimum Gasteiger partial charge on any atom is -0.396 e. The molecule has 2 atom stereocenters. The van der Waals surface area contributed by atoms with E-state index in [-0.39, 0.29) is 12.0 Å². The highest BCUT2D eigenvalue weighted by Gasteiger charge is 2.53. The molecule has 0 heterocycles. The molecule has 0 unspecified atom stereocenters. The van der Waals surface area contributed by atoms with Crippen LogP contribution >= 0.6 is 15.9 Å². The van der Waals surface area contributed by atoms with E-state index in [1.54, 1.807) is 0 Å². The normalized spacial score (nSPS) is 30.4. The average Bonchev–Trinajstić information content (AvgIpc) is 2.94. The van der Waals surface area contributed by atoms with Crippen molar-refractivity contribution in [2.75, 3.05) is 13.2 Å². The lowest BCUT2D eigenvalue weighted by atomic mass is 9.93. The van der Waals surface area contributed by atoms with Crippen LogP contribution < -0.4 is 5.73 Å². The van der Waals surface area contributed by atoms with Crippen LogP contribution in [0, 0.1) is 5.92 Å². The average molecular weight is 256 g/mol. The van der Waals surface area contributed by atoms with Crippen molar-refractivity contribution in [2.45, 2.75) is 11.8 Å². The number of aliphatic hydroxyl groups is 1. The Morgan fingerprint density at radius 1 is 1.43 bits per heavy atom. The maximum atomic E-state index is 9.12. The Bertz CT molecular complexity index is 325. The lowest BCUT2D eigenvalue weighted by molar-refractivity contribution is 0.264. The van der Waals surface area contributed by atoms with E-state index in [0.29, 0.717) is 12.5 Å². The summed E-state index contributed by atoms with van der Waals surface area (Å²) in [5, 5.41) is 9.12. The molecule has 0 amide bonds. The summed E-state index contributed by atoms with van der Waals surface area (Å²) in [6, 6.07) is 8.23. The molecular formula is C11H14BrNO. The fourth-order valence-corrected chi connectivity index (χ4v) is 2.39. The van der Waals surface area contributed by atoms with E-state index in [1.165, 1.54) is 5.56 Å². The molecule has 14 heavy (non-hydrogen) atoms. The van der Waals surface area contributed by atoms with E-state index in [4.69, 9.17) is 10.8 Å². The predicted molar refractivity (Wildman–Crippen MR) is 60.1 cm³/mol. The molecule has 1 aromatic carbocycles. The largest absolute Gasteiger partial charge is 0.396 e. The van der Waals surface area contributed by atoms with Crippen molar-refractivity contribution in [1.82, 2.24) is 0 Å². The molecule has 1 aliphatic rings. The molecule has 1 fully saturated rings. The van der Waals surface area contributed by atoms with Gasteiger partial charge in [-0.05, 0) is 30.0 Å². The van der Waals surface area contributed by atoms with Gasteiger partial charge in [0.15, 0.2) is 0 Å².